The van der Waals surface area contributed by atoms with E-state index in [4.69, 9.17) is 4.74 Å². The summed E-state index contributed by atoms with van der Waals surface area (Å²) in [5, 5.41) is 0. The van der Waals surface area contributed by atoms with Crippen LogP contribution < -0.4 is 5.56 Å². The number of aromatic amines is 1. The van der Waals surface area contributed by atoms with Gasteiger partial charge >= 0.3 is 5.97 Å². The predicted octanol–water partition coefficient (Wildman–Crippen LogP) is 3.40. The summed E-state index contributed by atoms with van der Waals surface area (Å²) in [4.78, 5) is 25.1. The molecule has 0 atom stereocenters. The second kappa shape index (κ2) is 7.59. The molecule has 21 heavy (non-hydrogen) atoms. The Morgan fingerprint density at radius 3 is 2.67 bits per heavy atom. The minimum Gasteiger partial charge on any atom is -0.461 e. The molecule has 1 aromatic carbocycles. The molecule has 0 amide bonds. The zero-order chi connectivity index (χ0) is 15.1. The maximum Gasteiger partial charge on any atom is 0.354 e. The lowest BCUT2D eigenvalue weighted by molar-refractivity contribution is 0.0504. The number of esters is 1. The van der Waals surface area contributed by atoms with Crippen molar-refractivity contribution in [1.82, 2.24) is 4.98 Å². The number of hydrogen-bond donors (Lipinski definition) is 1. The highest BCUT2D eigenvalue weighted by Gasteiger charge is 2.06. The molecule has 5 heteroatoms. The van der Waals surface area contributed by atoms with Gasteiger partial charge in [0, 0.05) is 10.5 Å². The van der Waals surface area contributed by atoms with Gasteiger partial charge in [-0.2, -0.15) is 0 Å². The second-order valence-electron chi connectivity index (χ2n) is 4.31. The Labute approximate surface area is 130 Å². The summed E-state index contributed by atoms with van der Waals surface area (Å²) in [7, 11) is 0. The molecule has 0 aliphatic heterocycles. The van der Waals surface area contributed by atoms with Crippen molar-refractivity contribution in [3.8, 4) is 0 Å². The van der Waals surface area contributed by atoms with Crippen molar-refractivity contribution < 1.29 is 9.53 Å². The smallest absolute Gasteiger partial charge is 0.354 e. The number of hydrogen-bond acceptors (Lipinski definition) is 3. The van der Waals surface area contributed by atoms with E-state index in [0.29, 0.717) is 6.42 Å². The molecule has 0 unspecified atom stereocenters. The van der Waals surface area contributed by atoms with Gasteiger partial charge in [0.15, 0.2) is 0 Å². The van der Waals surface area contributed by atoms with E-state index in [1.165, 1.54) is 18.2 Å². The number of H-pyrrole nitrogens is 1. The molecular weight excluding hydrogens is 334 g/mol. The number of carbonyl (C=O) groups excluding carboxylic acids is 1. The maximum absolute atomic E-state index is 11.6. The first-order valence-electron chi connectivity index (χ1n) is 6.44. The molecule has 0 aliphatic rings. The molecule has 0 fully saturated rings. The number of ether oxygens (including phenoxy) is 1. The van der Waals surface area contributed by atoms with Crippen LogP contribution in [0.5, 0.6) is 0 Å². The predicted molar refractivity (Wildman–Crippen MR) is 85.1 cm³/mol. The minimum absolute atomic E-state index is 0.166. The number of benzene rings is 1. The molecule has 0 saturated carbocycles. The molecule has 0 aliphatic carbocycles. The summed E-state index contributed by atoms with van der Waals surface area (Å²) in [6.45, 7) is 0.267. The van der Waals surface area contributed by atoms with E-state index >= 15 is 0 Å². The van der Waals surface area contributed by atoms with Crippen LogP contribution in [0.3, 0.4) is 0 Å². The summed E-state index contributed by atoms with van der Waals surface area (Å²) < 4.78 is 6.11. The third kappa shape index (κ3) is 5.04. The molecule has 1 aromatic heterocycles. The zero-order valence-corrected chi connectivity index (χ0v) is 12.8. The van der Waals surface area contributed by atoms with Crippen molar-refractivity contribution in [1.29, 1.82) is 0 Å². The molecule has 0 spiro atoms. The fourth-order valence-corrected chi connectivity index (χ4v) is 1.92. The molecule has 0 bridgehead atoms. The van der Waals surface area contributed by atoms with Crippen LogP contribution in [0.2, 0.25) is 0 Å². The van der Waals surface area contributed by atoms with Crippen LogP contribution in [0.25, 0.3) is 6.08 Å². The molecule has 0 radical (unpaired) electrons. The molecule has 1 N–H and O–H groups in total. The highest BCUT2D eigenvalue weighted by atomic mass is 79.9. The van der Waals surface area contributed by atoms with E-state index < -0.39 is 5.97 Å². The van der Waals surface area contributed by atoms with Crippen LogP contribution in [0.15, 0.2) is 57.8 Å². The van der Waals surface area contributed by atoms with E-state index in [2.05, 4.69) is 20.9 Å². The van der Waals surface area contributed by atoms with Gasteiger partial charge < -0.3 is 9.72 Å². The number of pyridine rings is 1. The standard InChI is InChI=1S/C16H14BrNO3/c17-13-9-7-12(8-10-13)4-1-2-11-21-16(20)14-5-3-6-15(19)18-14/h1,3-10H,2,11H2,(H,18,19). The number of rotatable bonds is 5. The molecule has 1 heterocycles. The first-order valence-corrected chi connectivity index (χ1v) is 7.23. The van der Waals surface area contributed by atoms with Gasteiger partial charge in [-0.1, -0.05) is 46.3 Å². The van der Waals surface area contributed by atoms with Gasteiger partial charge in [-0.25, -0.2) is 4.79 Å². The van der Waals surface area contributed by atoms with Gasteiger partial charge in [0.2, 0.25) is 5.56 Å². The Kier molecular flexibility index (Phi) is 5.51. The third-order valence-corrected chi connectivity index (χ3v) is 3.21. The Morgan fingerprint density at radius 2 is 1.95 bits per heavy atom. The van der Waals surface area contributed by atoms with Gasteiger partial charge in [-0.05, 0) is 30.2 Å². The normalized spacial score (nSPS) is 10.7. The molecule has 2 rings (SSSR count). The zero-order valence-electron chi connectivity index (χ0n) is 11.2. The van der Waals surface area contributed by atoms with Crippen molar-refractivity contribution >= 4 is 28.0 Å². The molecule has 4 nitrogen and oxygen atoms in total. The van der Waals surface area contributed by atoms with Crippen LogP contribution in [0.4, 0.5) is 0 Å². The quantitative estimate of drug-likeness (QED) is 0.666. The summed E-state index contributed by atoms with van der Waals surface area (Å²) in [5.74, 6) is -0.523. The SMILES string of the molecule is O=C(OCCC=Cc1ccc(Br)cc1)c1cccc(=O)[nH]1. The van der Waals surface area contributed by atoms with Gasteiger partial charge in [0.25, 0.3) is 0 Å². The Hall–Kier alpha value is -2.14. The number of aromatic nitrogens is 1. The Bertz CT molecular complexity index is 689. The summed E-state index contributed by atoms with van der Waals surface area (Å²) in [6.07, 6.45) is 4.51. The molecule has 0 saturated heterocycles. The number of carbonyl (C=O) groups is 1. The molecule has 108 valence electrons. The van der Waals surface area contributed by atoms with E-state index in [1.807, 2.05) is 36.4 Å². The average Bonchev–Trinajstić information content (AvgIpc) is 2.48. The van der Waals surface area contributed by atoms with Crippen LogP contribution in [-0.2, 0) is 4.74 Å². The summed E-state index contributed by atoms with van der Waals surface area (Å²) in [6, 6.07) is 12.3. The summed E-state index contributed by atoms with van der Waals surface area (Å²) >= 11 is 3.37. The maximum atomic E-state index is 11.6. The second-order valence-corrected chi connectivity index (χ2v) is 5.22. The van der Waals surface area contributed by atoms with Gasteiger partial charge in [0.05, 0.1) is 6.61 Å². The molecule has 2 aromatic rings. The Balaban J connectivity index is 1.78. The highest BCUT2D eigenvalue weighted by Crippen LogP contribution is 2.11. The first-order chi connectivity index (χ1) is 10.1. The van der Waals surface area contributed by atoms with Gasteiger partial charge in [-0.15, -0.1) is 0 Å². The lowest BCUT2D eigenvalue weighted by Crippen LogP contribution is -2.14. The van der Waals surface area contributed by atoms with E-state index in [9.17, 15) is 9.59 Å². The fraction of sp³-hybridized carbons (Fsp3) is 0.125. The highest BCUT2D eigenvalue weighted by molar-refractivity contribution is 9.10. The van der Waals surface area contributed by atoms with Crippen molar-refractivity contribution in [3.63, 3.8) is 0 Å². The van der Waals surface area contributed by atoms with E-state index in [1.54, 1.807) is 0 Å². The van der Waals surface area contributed by atoms with Crippen molar-refractivity contribution in [2.24, 2.45) is 0 Å². The minimum atomic E-state index is -0.523. The average molecular weight is 348 g/mol. The van der Waals surface area contributed by atoms with Crippen LogP contribution in [0.1, 0.15) is 22.5 Å². The van der Waals surface area contributed by atoms with Gasteiger partial charge in [0.1, 0.15) is 5.69 Å². The van der Waals surface area contributed by atoms with Gasteiger partial charge in [-0.3, -0.25) is 4.79 Å². The van der Waals surface area contributed by atoms with Crippen LogP contribution in [-0.4, -0.2) is 17.6 Å². The first kappa shape index (κ1) is 15.3. The van der Waals surface area contributed by atoms with Crippen molar-refractivity contribution in [2.45, 2.75) is 6.42 Å². The van der Waals surface area contributed by atoms with Crippen LogP contribution in [0, 0.1) is 0 Å². The number of nitrogens with one attached hydrogen (secondary N) is 1. The third-order valence-electron chi connectivity index (χ3n) is 2.69. The van der Waals surface area contributed by atoms with Crippen molar-refractivity contribution in [3.05, 3.63) is 74.6 Å². The summed E-state index contributed by atoms with van der Waals surface area (Å²) in [5.41, 5.74) is 0.927. The Morgan fingerprint density at radius 1 is 1.19 bits per heavy atom. The fourth-order valence-electron chi connectivity index (χ4n) is 1.66. The molecular formula is C16H14BrNO3. The number of halogens is 1. The lowest BCUT2D eigenvalue weighted by Gasteiger charge is -2.02. The van der Waals surface area contributed by atoms with Crippen molar-refractivity contribution in [2.75, 3.05) is 6.61 Å². The largest absolute Gasteiger partial charge is 0.461 e. The topological polar surface area (TPSA) is 59.2 Å². The lowest BCUT2D eigenvalue weighted by atomic mass is 10.2. The van der Waals surface area contributed by atoms with E-state index in [-0.39, 0.29) is 17.9 Å². The van der Waals surface area contributed by atoms with E-state index in [0.717, 1.165) is 10.0 Å². The van der Waals surface area contributed by atoms with Crippen LogP contribution >= 0.6 is 15.9 Å². The monoisotopic (exact) mass is 347 g/mol.